The molecule has 1 unspecified atom stereocenters. The molecule has 0 saturated heterocycles. The van der Waals surface area contributed by atoms with E-state index in [0.717, 1.165) is 22.4 Å². The third-order valence-electron chi connectivity index (χ3n) is 4.49. The minimum absolute atomic E-state index is 0.290. The second kappa shape index (κ2) is 6.72. The number of methoxy groups -OCH3 is 1. The first-order valence-electron chi connectivity index (χ1n) is 8.26. The van der Waals surface area contributed by atoms with E-state index in [1.807, 2.05) is 23.1 Å². The molecule has 2 heterocycles. The number of nitrogens with zero attached hydrogens (tertiary/aromatic N) is 4. The van der Waals surface area contributed by atoms with Gasteiger partial charge in [-0.25, -0.2) is 4.39 Å². The van der Waals surface area contributed by atoms with Gasteiger partial charge in [0.15, 0.2) is 0 Å². The molecular formula is C18H18FN5O2. The Balaban J connectivity index is 1.67. The SMILES string of the molecule is COc1ccc(CN2CC(O)Cc3cc(F)ccc32)cc1-c1nn[nH]n1. The van der Waals surface area contributed by atoms with E-state index in [1.54, 1.807) is 13.2 Å². The van der Waals surface area contributed by atoms with Crippen molar-refractivity contribution in [1.82, 2.24) is 20.6 Å². The largest absolute Gasteiger partial charge is 0.496 e. The smallest absolute Gasteiger partial charge is 0.208 e. The highest BCUT2D eigenvalue weighted by atomic mass is 19.1. The summed E-state index contributed by atoms with van der Waals surface area (Å²) in [7, 11) is 1.59. The summed E-state index contributed by atoms with van der Waals surface area (Å²) in [6, 6.07) is 10.4. The van der Waals surface area contributed by atoms with E-state index in [0.29, 0.717) is 31.1 Å². The van der Waals surface area contributed by atoms with Crippen molar-refractivity contribution in [2.24, 2.45) is 0 Å². The number of aliphatic hydroxyl groups is 1. The maximum Gasteiger partial charge on any atom is 0.208 e. The molecule has 134 valence electrons. The van der Waals surface area contributed by atoms with Crippen molar-refractivity contribution in [1.29, 1.82) is 0 Å². The Morgan fingerprint density at radius 1 is 1.31 bits per heavy atom. The van der Waals surface area contributed by atoms with Crippen LogP contribution >= 0.6 is 0 Å². The maximum atomic E-state index is 13.5. The highest BCUT2D eigenvalue weighted by molar-refractivity contribution is 5.65. The highest BCUT2D eigenvalue weighted by Gasteiger charge is 2.24. The summed E-state index contributed by atoms with van der Waals surface area (Å²) in [6.45, 7) is 1.05. The van der Waals surface area contributed by atoms with Gasteiger partial charge in [-0.15, -0.1) is 10.2 Å². The number of anilines is 1. The standard InChI is InChI=1S/C18H18FN5O2/c1-26-17-5-2-11(6-15(17)18-20-22-23-21-18)9-24-10-14(25)8-12-7-13(19)3-4-16(12)24/h2-7,14,25H,8-10H2,1H3,(H,20,21,22,23). The maximum absolute atomic E-state index is 13.5. The zero-order valence-corrected chi connectivity index (χ0v) is 14.2. The number of tetrazole rings is 1. The van der Waals surface area contributed by atoms with Crippen LogP contribution in [0.15, 0.2) is 36.4 Å². The summed E-state index contributed by atoms with van der Waals surface area (Å²) in [4.78, 5) is 2.05. The molecule has 0 amide bonds. The van der Waals surface area contributed by atoms with E-state index in [1.165, 1.54) is 12.1 Å². The molecule has 7 nitrogen and oxygen atoms in total. The Kier molecular flexibility index (Phi) is 4.26. The van der Waals surface area contributed by atoms with E-state index in [-0.39, 0.29) is 5.82 Å². The summed E-state index contributed by atoms with van der Waals surface area (Å²) < 4.78 is 18.9. The van der Waals surface area contributed by atoms with E-state index in [2.05, 4.69) is 20.6 Å². The van der Waals surface area contributed by atoms with Crippen LogP contribution in [0.4, 0.5) is 10.1 Å². The molecule has 1 aliphatic rings. The van der Waals surface area contributed by atoms with Gasteiger partial charge in [0.1, 0.15) is 11.6 Å². The predicted molar refractivity (Wildman–Crippen MR) is 93.3 cm³/mol. The molecule has 1 atom stereocenters. The van der Waals surface area contributed by atoms with Crippen LogP contribution in [0.2, 0.25) is 0 Å². The molecular weight excluding hydrogens is 337 g/mol. The molecule has 8 heteroatoms. The molecule has 26 heavy (non-hydrogen) atoms. The van der Waals surface area contributed by atoms with Crippen LogP contribution in [-0.2, 0) is 13.0 Å². The summed E-state index contributed by atoms with van der Waals surface area (Å²) >= 11 is 0. The molecule has 2 N–H and O–H groups in total. The van der Waals surface area contributed by atoms with E-state index in [4.69, 9.17) is 4.74 Å². The number of aromatic nitrogens is 4. The number of aromatic amines is 1. The topological polar surface area (TPSA) is 87.2 Å². The second-order valence-electron chi connectivity index (χ2n) is 6.28. The monoisotopic (exact) mass is 355 g/mol. The molecule has 3 aromatic rings. The fourth-order valence-corrected chi connectivity index (χ4v) is 3.37. The molecule has 1 aliphatic heterocycles. The Hall–Kier alpha value is -3.00. The van der Waals surface area contributed by atoms with Crippen LogP contribution < -0.4 is 9.64 Å². The summed E-state index contributed by atoms with van der Waals surface area (Å²) in [6.07, 6.45) is -0.0698. The Morgan fingerprint density at radius 3 is 2.96 bits per heavy atom. The molecule has 0 radical (unpaired) electrons. The minimum Gasteiger partial charge on any atom is -0.496 e. The lowest BCUT2D eigenvalue weighted by atomic mass is 9.98. The number of nitrogens with one attached hydrogen (secondary N) is 1. The zero-order chi connectivity index (χ0) is 18.1. The first-order chi connectivity index (χ1) is 12.6. The van der Waals surface area contributed by atoms with Gasteiger partial charge >= 0.3 is 0 Å². The van der Waals surface area contributed by atoms with Crippen molar-refractivity contribution in [3.8, 4) is 17.1 Å². The average molecular weight is 355 g/mol. The van der Waals surface area contributed by atoms with Crippen molar-refractivity contribution in [2.75, 3.05) is 18.6 Å². The number of β-amino-alcohol motifs (C(OH)–C–C–N with tert-alkyl or cyclic N) is 1. The van der Waals surface area contributed by atoms with Gasteiger partial charge in [-0.2, -0.15) is 5.21 Å². The number of H-pyrrole nitrogens is 1. The van der Waals surface area contributed by atoms with Crippen LogP contribution in [0.5, 0.6) is 5.75 Å². The Labute approximate surface area is 149 Å². The van der Waals surface area contributed by atoms with Crippen LogP contribution in [0, 0.1) is 5.82 Å². The van der Waals surface area contributed by atoms with Gasteiger partial charge in [0.2, 0.25) is 5.82 Å². The molecule has 2 aromatic carbocycles. The molecule has 0 aliphatic carbocycles. The Morgan fingerprint density at radius 2 is 2.19 bits per heavy atom. The van der Waals surface area contributed by atoms with Gasteiger partial charge in [-0.05, 0) is 46.7 Å². The lowest BCUT2D eigenvalue weighted by Gasteiger charge is -2.34. The quantitative estimate of drug-likeness (QED) is 0.744. The second-order valence-corrected chi connectivity index (χ2v) is 6.28. The van der Waals surface area contributed by atoms with Gasteiger partial charge in [0, 0.05) is 25.2 Å². The number of aliphatic hydroxyl groups excluding tert-OH is 1. The number of fused-ring (bicyclic) bond motifs is 1. The van der Waals surface area contributed by atoms with Crippen molar-refractivity contribution < 1.29 is 14.2 Å². The molecule has 4 rings (SSSR count). The third-order valence-corrected chi connectivity index (χ3v) is 4.49. The summed E-state index contributed by atoms with van der Waals surface area (Å²) in [5, 5.41) is 24.2. The molecule has 0 spiro atoms. The lowest BCUT2D eigenvalue weighted by Crippen LogP contribution is -2.38. The van der Waals surface area contributed by atoms with Crippen molar-refractivity contribution in [3.05, 3.63) is 53.3 Å². The van der Waals surface area contributed by atoms with E-state index >= 15 is 0 Å². The summed E-state index contributed by atoms with van der Waals surface area (Å²) in [5.41, 5.74) is 3.48. The van der Waals surface area contributed by atoms with E-state index in [9.17, 15) is 9.50 Å². The minimum atomic E-state index is -0.528. The predicted octanol–water partition coefficient (Wildman–Crippen LogP) is 1.94. The first-order valence-corrected chi connectivity index (χ1v) is 8.26. The van der Waals surface area contributed by atoms with Crippen molar-refractivity contribution in [3.63, 3.8) is 0 Å². The van der Waals surface area contributed by atoms with Gasteiger partial charge in [-0.3, -0.25) is 0 Å². The number of benzene rings is 2. The summed E-state index contributed by atoms with van der Waals surface area (Å²) in [5.74, 6) is 0.808. The van der Waals surface area contributed by atoms with Gasteiger partial charge < -0.3 is 14.7 Å². The number of rotatable bonds is 4. The number of halogens is 1. The van der Waals surface area contributed by atoms with Crippen molar-refractivity contribution >= 4 is 5.69 Å². The number of hydrogen-bond donors (Lipinski definition) is 2. The van der Waals surface area contributed by atoms with Gasteiger partial charge in [0.25, 0.3) is 0 Å². The van der Waals surface area contributed by atoms with Gasteiger partial charge in [0.05, 0.1) is 18.8 Å². The molecule has 0 fully saturated rings. The van der Waals surface area contributed by atoms with Gasteiger partial charge in [-0.1, -0.05) is 6.07 Å². The van der Waals surface area contributed by atoms with Crippen molar-refractivity contribution in [2.45, 2.75) is 19.1 Å². The molecule has 0 bridgehead atoms. The zero-order valence-electron chi connectivity index (χ0n) is 14.2. The van der Waals surface area contributed by atoms with Crippen LogP contribution in [0.3, 0.4) is 0 Å². The first kappa shape index (κ1) is 16.5. The fraction of sp³-hybridized carbons (Fsp3) is 0.278. The van der Waals surface area contributed by atoms with Crippen LogP contribution in [0.1, 0.15) is 11.1 Å². The third kappa shape index (κ3) is 3.11. The fourth-order valence-electron chi connectivity index (χ4n) is 3.37. The Bertz CT molecular complexity index is 916. The van der Waals surface area contributed by atoms with E-state index < -0.39 is 6.10 Å². The highest BCUT2D eigenvalue weighted by Crippen LogP contribution is 2.32. The molecule has 0 saturated carbocycles. The van der Waals surface area contributed by atoms with Crippen LogP contribution in [0.25, 0.3) is 11.4 Å². The number of hydrogen-bond acceptors (Lipinski definition) is 6. The van der Waals surface area contributed by atoms with Crippen LogP contribution in [-0.4, -0.2) is 45.5 Å². The number of ether oxygens (including phenoxy) is 1. The molecule has 1 aromatic heterocycles. The average Bonchev–Trinajstić information content (AvgIpc) is 3.15. The normalized spacial score (nSPS) is 16.4. The lowest BCUT2D eigenvalue weighted by molar-refractivity contribution is 0.174.